The van der Waals surface area contributed by atoms with Crippen LogP contribution in [0.2, 0.25) is 0 Å². The highest BCUT2D eigenvalue weighted by Gasteiger charge is 2.19. The lowest BCUT2D eigenvalue weighted by Gasteiger charge is -2.36. The molecule has 0 aliphatic carbocycles. The smallest absolute Gasteiger partial charge is 0.339 e. The summed E-state index contributed by atoms with van der Waals surface area (Å²) in [5.74, 6) is 1.24. The number of aryl methyl sites for hydroxylation is 2. The maximum atomic E-state index is 12.0. The van der Waals surface area contributed by atoms with Gasteiger partial charge >= 0.3 is 5.63 Å². The molecule has 1 aliphatic heterocycles. The summed E-state index contributed by atoms with van der Waals surface area (Å²) in [6.07, 6.45) is 0.915. The summed E-state index contributed by atoms with van der Waals surface area (Å²) >= 11 is 0. The Morgan fingerprint density at radius 2 is 1.53 bits per heavy atom. The van der Waals surface area contributed by atoms with Crippen molar-refractivity contribution in [3.05, 3.63) is 69.7 Å². The van der Waals surface area contributed by atoms with Crippen molar-refractivity contribution in [2.24, 2.45) is 0 Å². The quantitative estimate of drug-likeness (QED) is 0.213. The highest BCUT2D eigenvalue weighted by Crippen LogP contribution is 2.34. The fourth-order valence-electron chi connectivity index (χ4n) is 4.89. The number of para-hydroxylation sites is 1. The van der Waals surface area contributed by atoms with E-state index in [0.717, 1.165) is 61.3 Å². The lowest BCUT2D eigenvalue weighted by molar-refractivity contribution is 0.221. The van der Waals surface area contributed by atoms with Crippen molar-refractivity contribution < 1.29 is 35.8 Å². The number of anilines is 1. The molecule has 11 nitrogen and oxygen atoms in total. The fraction of sp³-hybridized carbons (Fsp3) is 0.379. The van der Waals surface area contributed by atoms with E-state index in [0.29, 0.717) is 29.3 Å². The van der Waals surface area contributed by atoms with Crippen LogP contribution in [-0.2, 0) is 0 Å². The van der Waals surface area contributed by atoms with Crippen molar-refractivity contribution in [3.8, 4) is 11.5 Å². The van der Waals surface area contributed by atoms with E-state index in [-0.39, 0.29) is 64.8 Å². The third-order valence-electron chi connectivity index (χ3n) is 7.17. The molecule has 0 unspecified atom stereocenters. The molecule has 1 aliphatic rings. The summed E-state index contributed by atoms with van der Waals surface area (Å²) in [7, 11) is 1.60. The molecule has 3 heterocycles. The second kappa shape index (κ2) is 19.4. The van der Waals surface area contributed by atoms with Crippen LogP contribution in [0, 0.1) is 20.8 Å². The molecule has 5 rings (SSSR count). The van der Waals surface area contributed by atoms with Gasteiger partial charge in [0.2, 0.25) is 0 Å². The van der Waals surface area contributed by atoms with Crippen LogP contribution in [0.3, 0.4) is 0 Å². The summed E-state index contributed by atoms with van der Waals surface area (Å²) in [5.41, 5.74) is 5.09. The van der Waals surface area contributed by atoms with Gasteiger partial charge in [0.1, 0.15) is 5.58 Å². The van der Waals surface area contributed by atoms with Gasteiger partial charge in [0.25, 0.3) is 0 Å². The second-order valence-corrected chi connectivity index (χ2v) is 9.47. The van der Waals surface area contributed by atoms with Gasteiger partial charge in [-0.2, -0.15) is 0 Å². The van der Waals surface area contributed by atoms with Crippen LogP contribution in [0.1, 0.15) is 23.2 Å². The monoisotopic (exact) mass is 667 g/mol. The maximum Gasteiger partial charge on any atom is 0.339 e. The van der Waals surface area contributed by atoms with Crippen molar-refractivity contribution in [3.63, 3.8) is 0 Å². The molecule has 1 fully saturated rings. The number of hydrogen-bond acceptors (Lipinski definition) is 7. The minimum Gasteiger partial charge on any atom is -0.493 e. The number of piperazine rings is 1. The zero-order valence-electron chi connectivity index (χ0n) is 24.7. The van der Waals surface area contributed by atoms with Crippen LogP contribution in [-0.4, -0.2) is 78.2 Å². The molecule has 8 N–H and O–H groups in total. The second-order valence-electron chi connectivity index (χ2n) is 9.47. The number of rotatable bonds is 7. The molecule has 2 aromatic carbocycles. The number of benzene rings is 2. The number of pyridine rings is 1. The Hall–Kier alpha value is -2.87. The van der Waals surface area contributed by atoms with Crippen LogP contribution >= 0.6 is 37.2 Å². The Bertz CT molecular complexity index is 1480. The number of ether oxygens (including phenoxy) is 2. The van der Waals surface area contributed by atoms with E-state index < -0.39 is 0 Å². The van der Waals surface area contributed by atoms with Crippen LogP contribution in [0.4, 0.5) is 5.69 Å². The highest BCUT2D eigenvalue weighted by molar-refractivity contribution is 5.91. The molecule has 0 atom stereocenters. The standard InChI is InChI=1S/C29H33N3O4.3ClH.4H2O/c1-19-9-10-22-7-5-8-24(28(22)30-19)32-14-12-31(13-15-32)11-6-16-35-27-17-23-20(2)21(3)29(33)36-25(23)18-26(27)34-4;;;;;;;/h5,7-10,17-18H,6,11-16H2,1-4H3;3*1H;4*1H2. The molecule has 0 spiro atoms. The van der Waals surface area contributed by atoms with Gasteiger partial charge in [-0.3, -0.25) is 9.88 Å². The first-order valence-electron chi connectivity index (χ1n) is 12.5. The van der Waals surface area contributed by atoms with Crippen LogP contribution in [0.15, 0.2) is 51.7 Å². The summed E-state index contributed by atoms with van der Waals surface area (Å²) in [6, 6.07) is 14.3. The minimum atomic E-state index is -0.317. The van der Waals surface area contributed by atoms with Gasteiger partial charge in [0.15, 0.2) is 11.5 Å². The summed E-state index contributed by atoms with van der Waals surface area (Å²) in [5, 5.41) is 2.06. The van der Waals surface area contributed by atoms with Gasteiger partial charge < -0.3 is 40.7 Å². The lowest BCUT2D eigenvalue weighted by atomic mass is 10.1. The molecule has 2 aromatic heterocycles. The molecule has 43 heavy (non-hydrogen) atoms. The minimum absolute atomic E-state index is 0. The van der Waals surface area contributed by atoms with Gasteiger partial charge in [-0.15, -0.1) is 37.2 Å². The topological polar surface area (TPSA) is 194 Å². The Balaban J connectivity index is -0.00000229. The first kappa shape index (κ1) is 44.6. The van der Waals surface area contributed by atoms with Crippen molar-refractivity contribution in [2.75, 3.05) is 51.3 Å². The number of halogens is 3. The Morgan fingerprint density at radius 1 is 0.860 bits per heavy atom. The zero-order valence-corrected chi connectivity index (χ0v) is 27.1. The fourth-order valence-corrected chi connectivity index (χ4v) is 4.89. The Morgan fingerprint density at radius 3 is 2.19 bits per heavy atom. The predicted molar refractivity (Wildman–Crippen MR) is 180 cm³/mol. The molecule has 0 bridgehead atoms. The number of methoxy groups -OCH3 is 1. The lowest BCUT2D eigenvalue weighted by Crippen LogP contribution is -2.46. The average Bonchev–Trinajstić information content (AvgIpc) is 2.89. The SMILES string of the molecule is COc1cc2oc(=O)c(C)c(C)c2cc1OCCCN1CCN(c2cccc3ccc(C)nc23)CC1.Cl.Cl.Cl.O.O.O.O. The van der Waals surface area contributed by atoms with E-state index in [2.05, 4.69) is 40.1 Å². The van der Waals surface area contributed by atoms with Gasteiger partial charge in [0.05, 0.1) is 24.9 Å². The van der Waals surface area contributed by atoms with Crippen LogP contribution in [0.25, 0.3) is 21.9 Å². The molecule has 1 saturated heterocycles. The summed E-state index contributed by atoms with van der Waals surface area (Å²) in [6.45, 7) is 11.3. The zero-order chi connectivity index (χ0) is 25.2. The number of nitrogens with zero attached hydrogens (tertiary/aromatic N) is 3. The maximum absolute atomic E-state index is 12.0. The number of hydrogen-bond donors (Lipinski definition) is 0. The van der Waals surface area contributed by atoms with Crippen molar-refractivity contribution in [1.29, 1.82) is 0 Å². The first-order valence-corrected chi connectivity index (χ1v) is 12.5. The van der Waals surface area contributed by atoms with E-state index in [9.17, 15) is 4.79 Å². The molecule has 0 radical (unpaired) electrons. The average molecular weight is 669 g/mol. The van der Waals surface area contributed by atoms with Gasteiger partial charge in [-0.05, 0) is 51.0 Å². The molecular formula is C29H44Cl3N3O8. The van der Waals surface area contributed by atoms with E-state index in [1.807, 2.05) is 19.9 Å². The van der Waals surface area contributed by atoms with E-state index in [1.54, 1.807) is 20.1 Å². The first-order chi connectivity index (χ1) is 17.4. The third-order valence-corrected chi connectivity index (χ3v) is 7.17. The molecule has 244 valence electrons. The van der Waals surface area contributed by atoms with Crippen LogP contribution in [0.5, 0.6) is 11.5 Å². The summed E-state index contributed by atoms with van der Waals surface area (Å²) in [4.78, 5) is 21.8. The van der Waals surface area contributed by atoms with Crippen molar-refractivity contribution >= 4 is 64.8 Å². The summed E-state index contributed by atoms with van der Waals surface area (Å²) < 4.78 is 17.0. The Labute approximate surface area is 269 Å². The number of fused-ring (bicyclic) bond motifs is 2. The van der Waals surface area contributed by atoms with Gasteiger partial charge in [-0.1, -0.05) is 18.2 Å². The predicted octanol–water partition coefficient (Wildman–Crippen LogP) is 2.83. The number of aromatic nitrogens is 1. The molecule has 0 saturated carbocycles. The Kier molecular flexibility index (Phi) is 20.1. The van der Waals surface area contributed by atoms with Gasteiger partial charge in [-0.25, -0.2) is 4.79 Å². The molecular weight excluding hydrogens is 625 g/mol. The molecule has 4 aromatic rings. The molecule has 14 heteroatoms. The largest absolute Gasteiger partial charge is 0.493 e. The van der Waals surface area contributed by atoms with Gasteiger partial charge in [0, 0.05) is 60.8 Å². The van der Waals surface area contributed by atoms with E-state index >= 15 is 0 Å². The third kappa shape index (κ3) is 9.56. The van der Waals surface area contributed by atoms with E-state index in [4.69, 9.17) is 18.9 Å². The van der Waals surface area contributed by atoms with Crippen molar-refractivity contribution in [2.45, 2.75) is 27.2 Å². The van der Waals surface area contributed by atoms with Crippen LogP contribution < -0.4 is 20.0 Å². The van der Waals surface area contributed by atoms with Crippen molar-refractivity contribution in [1.82, 2.24) is 9.88 Å². The molecule has 0 amide bonds. The normalized spacial score (nSPS) is 12.1. The highest BCUT2D eigenvalue weighted by atomic mass is 35.5. The van der Waals surface area contributed by atoms with E-state index in [1.165, 1.54) is 11.1 Å².